The molecule has 0 unspecified atom stereocenters. The number of nitrogens with zero attached hydrogens (tertiary/aromatic N) is 3. The number of likely N-dealkylation sites (N-methyl/N-ethyl adjacent to an activating group) is 1. The Balaban J connectivity index is 1.28. The third kappa shape index (κ3) is 4.11. The number of ether oxygens (including phenoxy) is 1. The van der Waals surface area contributed by atoms with E-state index in [0.717, 1.165) is 52.0 Å². The van der Waals surface area contributed by atoms with Gasteiger partial charge in [0.15, 0.2) is 0 Å². The van der Waals surface area contributed by atoms with E-state index in [1.807, 2.05) is 18.5 Å². The summed E-state index contributed by atoms with van der Waals surface area (Å²) in [6, 6.07) is 6.92. The van der Waals surface area contributed by atoms with Crippen molar-refractivity contribution < 1.29 is 4.74 Å². The van der Waals surface area contributed by atoms with E-state index in [1.165, 1.54) is 11.1 Å². The number of piperidine rings is 1. The average Bonchev–Trinajstić information content (AvgIpc) is 3.29. The van der Waals surface area contributed by atoms with Gasteiger partial charge in [-0.15, -0.1) is 0 Å². The van der Waals surface area contributed by atoms with Gasteiger partial charge in [-0.05, 0) is 60.3 Å². The topological polar surface area (TPSA) is 28.6 Å². The normalized spacial score (nSPS) is 23.5. The van der Waals surface area contributed by atoms with Gasteiger partial charge in [-0.2, -0.15) is 11.3 Å². The Hall–Kier alpha value is -1.27. The molecule has 4 nitrogen and oxygen atoms in total. The largest absolute Gasteiger partial charge is 0.373 e. The van der Waals surface area contributed by atoms with Crippen molar-refractivity contribution >= 4 is 11.3 Å². The highest BCUT2D eigenvalue weighted by molar-refractivity contribution is 7.07. The van der Waals surface area contributed by atoms with Crippen LogP contribution in [0.5, 0.6) is 0 Å². The zero-order valence-electron chi connectivity index (χ0n) is 14.9. The van der Waals surface area contributed by atoms with Crippen molar-refractivity contribution in [2.24, 2.45) is 0 Å². The molecule has 0 saturated carbocycles. The lowest BCUT2D eigenvalue weighted by atomic mass is 9.87. The molecule has 25 heavy (non-hydrogen) atoms. The molecule has 2 aliphatic rings. The first kappa shape index (κ1) is 17.2. The Morgan fingerprint density at radius 3 is 2.92 bits per heavy atom. The first-order chi connectivity index (χ1) is 12.2. The minimum absolute atomic E-state index is 0.110. The summed E-state index contributed by atoms with van der Waals surface area (Å²) in [6.07, 6.45) is 7.28. The highest BCUT2D eigenvalue weighted by Gasteiger charge is 2.43. The number of rotatable bonds is 5. The Morgan fingerprint density at radius 2 is 2.20 bits per heavy atom. The van der Waals surface area contributed by atoms with Gasteiger partial charge in [0.2, 0.25) is 0 Å². The zero-order valence-corrected chi connectivity index (χ0v) is 15.8. The first-order valence-electron chi connectivity index (χ1n) is 9.19. The van der Waals surface area contributed by atoms with Crippen LogP contribution in [0.15, 0.2) is 41.4 Å². The lowest BCUT2D eigenvalue weighted by molar-refractivity contribution is -0.0452. The molecule has 0 radical (unpaired) electrons. The van der Waals surface area contributed by atoms with E-state index < -0.39 is 0 Å². The minimum atomic E-state index is 0.110. The highest BCUT2D eigenvalue weighted by Crippen LogP contribution is 2.38. The zero-order chi connectivity index (χ0) is 17.1. The fourth-order valence-electron chi connectivity index (χ4n) is 4.12. The number of likely N-dealkylation sites (tertiary alicyclic amines) is 1. The van der Waals surface area contributed by atoms with E-state index in [2.05, 4.69) is 44.7 Å². The van der Waals surface area contributed by atoms with Crippen molar-refractivity contribution in [3.63, 3.8) is 0 Å². The van der Waals surface area contributed by atoms with Crippen LogP contribution < -0.4 is 0 Å². The molecule has 2 fully saturated rings. The molecule has 2 saturated heterocycles. The monoisotopic (exact) mass is 357 g/mol. The van der Waals surface area contributed by atoms with Gasteiger partial charge in [0.1, 0.15) is 0 Å². The number of hydrogen-bond acceptors (Lipinski definition) is 5. The van der Waals surface area contributed by atoms with Crippen molar-refractivity contribution in [1.29, 1.82) is 0 Å². The number of pyridine rings is 1. The molecular weight excluding hydrogens is 330 g/mol. The minimum Gasteiger partial charge on any atom is -0.373 e. The van der Waals surface area contributed by atoms with Crippen molar-refractivity contribution in [3.05, 3.63) is 52.5 Å². The number of thiophene rings is 1. The maximum atomic E-state index is 6.35. The Bertz CT molecular complexity index is 653. The Morgan fingerprint density at radius 1 is 1.32 bits per heavy atom. The number of aromatic nitrogens is 1. The summed E-state index contributed by atoms with van der Waals surface area (Å²) in [5.41, 5.74) is 2.83. The van der Waals surface area contributed by atoms with Crippen LogP contribution in [-0.4, -0.2) is 53.2 Å². The van der Waals surface area contributed by atoms with Crippen molar-refractivity contribution in [2.75, 3.05) is 26.7 Å². The third-order valence-electron chi connectivity index (χ3n) is 5.72. The lowest BCUT2D eigenvalue weighted by Crippen LogP contribution is -2.44. The van der Waals surface area contributed by atoms with Gasteiger partial charge in [-0.25, -0.2) is 0 Å². The maximum Gasteiger partial charge on any atom is 0.0723 e. The third-order valence-corrected chi connectivity index (χ3v) is 6.45. The van der Waals surface area contributed by atoms with E-state index in [4.69, 9.17) is 4.74 Å². The standard InChI is InChI=1S/C20H27N3OS/c1-22(13-17-3-2-7-21-12-17)19-11-20(24-15-19)5-8-23(9-6-20)14-18-4-10-25-16-18/h2-4,7,10,12,16,19H,5-6,8-9,11,13-15H2,1H3/t19-/m0/s1. The quantitative estimate of drug-likeness (QED) is 0.820. The van der Waals surface area contributed by atoms with Gasteiger partial charge >= 0.3 is 0 Å². The van der Waals surface area contributed by atoms with E-state index in [-0.39, 0.29) is 5.60 Å². The molecule has 1 atom stereocenters. The van der Waals surface area contributed by atoms with Crippen LogP contribution in [0.3, 0.4) is 0 Å². The van der Waals surface area contributed by atoms with Crippen LogP contribution in [0, 0.1) is 0 Å². The summed E-state index contributed by atoms with van der Waals surface area (Å²) < 4.78 is 6.35. The van der Waals surface area contributed by atoms with Crippen molar-refractivity contribution in [3.8, 4) is 0 Å². The summed E-state index contributed by atoms with van der Waals surface area (Å²) in [4.78, 5) is 9.23. The second-order valence-corrected chi connectivity index (χ2v) is 8.32. The van der Waals surface area contributed by atoms with Gasteiger partial charge in [0.25, 0.3) is 0 Å². The predicted octanol–water partition coefficient (Wildman–Crippen LogP) is 3.40. The molecule has 0 aliphatic carbocycles. The molecule has 2 aromatic rings. The number of hydrogen-bond donors (Lipinski definition) is 0. The molecule has 4 heterocycles. The second-order valence-electron chi connectivity index (χ2n) is 7.54. The van der Waals surface area contributed by atoms with Crippen LogP contribution >= 0.6 is 11.3 Å². The molecule has 0 amide bonds. The maximum absolute atomic E-state index is 6.35. The first-order valence-corrected chi connectivity index (χ1v) is 10.1. The summed E-state index contributed by atoms with van der Waals surface area (Å²) >= 11 is 1.79. The smallest absolute Gasteiger partial charge is 0.0723 e. The van der Waals surface area contributed by atoms with Gasteiger partial charge in [0.05, 0.1) is 12.2 Å². The van der Waals surface area contributed by atoms with Crippen molar-refractivity contribution in [2.45, 2.75) is 44.0 Å². The Kier molecular flexibility index (Phi) is 5.17. The van der Waals surface area contributed by atoms with E-state index >= 15 is 0 Å². The van der Waals surface area contributed by atoms with Gasteiger partial charge in [-0.1, -0.05) is 6.07 Å². The summed E-state index contributed by atoms with van der Waals surface area (Å²) in [5.74, 6) is 0. The average molecular weight is 358 g/mol. The van der Waals surface area contributed by atoms with Crippen LogP contribution in [0.25, 0.3) is 0 Å². The fraction of sp³-hybridized carbons (Fsp3) is 0.550. The molecule has 5 heteroatoms. The van der Waals surface area contributed by atoms with E-state index in [9.17, 15) is 0 Å². The predicted molar refractivity (Wildman–Crippen MR) is 102 cm³/mol. The second kappa shape index (κ2) is 7.54. The van der Waals surface area contributed by atoms with E-state index in [0.29, 0.717) is 6.04 Å². The molecular formula is C20H27N3OS. The van der Waals surface area contributed by atoms with Gasteiger partial charge < -0.3 is 4.74 Å². The lowest BCUT2D eigenvalue weighted by Gasteiger charge is -2.39. The fourth-order valence-corrected chi connectivity index (χ4v) is 4.78. The molecule has 4 rings (SSSR count). The molecule has 2 aliphatic heterocycles. The van der Waals surface area contributed by atoms with Crippen LogP contribution in [-0.2, 0) is 17.8 Å². The highest BCUT2D eigenvalue weighted by atomic mass is 32.1. The summed E-state index contributed by atoms with van der Waals surface area (Å²) in [6.45, 7) is 5.19. The van der Waals surface area contributed by atoms with E-state index in [1.54, 1.807) is 11.3 Å². The van der Waals surface area contributed by atoms with Gasteiger partial charge in [-0.3, -0.25) is 14.8 Å². The SMILES string of the molecule is CN(Cc1cccnc1)[C@@H]1COC2(CCN(Cc3ccsc3)CC2)C1. The molecule has 0 aromatic carbocycles. The molecule has 0 N–H and O–H groups in total. The Labute approximate surface area is 154 Å². The van der Waals surface area contributed by atoms with Crippen LogP contribution in [0.1, 0.15) is 30.4 Å². The van der Waals surface area contributed by atoms with Crippen molar-refractivity contribution in [1.82, 2.24) is 14.8 Å². The molecule has 134 valence electrons. The molecule has 1 spiro atoms. The molecule has 0 bridgehead atoms. The summed E-state index contributed by atoms with van der Waals surface area (Å²) in [5, 5.41) is 4.43. The van der Waals surface area contributed by atoms with Gasteiger partial charge in [0, 0.05) is 44.6 Å². The van der Waals surface area contributed by atoms with Crippen LogP contribution in [0.4, 0.5) is 0 Å². The van der Waals surface area contributed by atoms with Crippen LogP contribution in [0.2, 0.25) is 0 Å². The molecule has 2 aromatic heterocycles. The summed E-state index contributed by atoms with van der Waals surface area (Å²) in [7, 11) is 2.21.